The van der Waals surface area contributed by atoms with Gasteiger partial charge in [-0.05, 0) is 24.3 Å². The zero-order valence-corrected chi connectivity index (χ0v) is 18.6. The SMILES string of the molecule is COc1c(OC(F)(F)F)cccc1[C@@H]1O[C@@H](CC(=O)O)c2nnc(C(F)(F)F)n2-c2ccc(Cl)cc21. The molecule has 2 atom stereocenters. The lowest BCUT2D eigenvalue weighted by atomic mass is 9.98. The third-order valence-electron chi connectivity index (χ3n) is 5.12. The molecule has 2 aromatic carbocycles. The number of carbonyl (C=O) groups is 1. The average Bonchev–Trinajstić information content (AvgIpc) is 3.16. The first-order valence-electron chi connectivity index (χ1n) is 9.92. The first-order chi connectivity index (χ1) is 16.8. The smallest absolute Gasteiger partial charge is 0.492 e. The molecular formula is C21H14ClF6N3O5. The van der Waals surface area contributed by atoms with Gasteiger partial charge in [0.05, 0.1) is 19.2 Å². The van der Waals surface area contributed by atoms with E-state index in [9.17, 15) is 36.2 Å². The van der Waals surface area contributed by atoms with E-state index in [2.05, 4.69) is 14.9 Å². The minimum atomic E-state index is -5.08. The fourth-order valence-electron chi connectivity index (χ4n) is 3.86. The van der Waals surface area contributed by atoms with Crippen molar-refractivity contribution in [2.45, 2.75) is 31.2 Å². The van der Waals surface area contributed by atoms with E-state index in [1.54, 1.807) is 0 Å². The number of aliphatic carboxylic acids is 1. The molecule has 1 aliphatic heterocycles. The number of nitrogens with zero attached hydrogens (tertiary/aromatic N) is 3. The van der Waals surface area contributed by atoms with Crippen molar-refractivity contribution in [3.63, 3.8) is 0 Å². The van der Waals surface area contributed by atoms with Crippen LogP contribution < -0.4 is 9.47 Å². The van der Waals surface area contributed by atoms with Gasteiger partial charge in [0.2, 0.25) is 5.82 Å². The van der Waals surface area contributed by atoms with Crippen LogP contribution in [0.15, 0.2) is 36.4 Å². The van der Waals surface area contributed by atoms with E-state index in [-0.39, 0.29) is 21.8 Å². The number of para-hydroxylation sites is 1. The van der Waals surface area contributed by atoms with Crippen LogP contribution in [0.2, 0.25) is 5.02 Å². The number of rotatable bonds is 5. The zero-order valence-electron chi connectivity index (χ0n) is 17.9. The van der Waals surface area contributed by atoms with Gasteiger partial charge >= 0.3 is 18.5 Å². The van der Waals surface area contributed by atoms with Crippen LogP contribution in [0.3, 0.4) is 0 Å². The summed E-state index contributed by atoms with van der Waals surface area (Å²) in [4.78, 5) is 11.5. The van der Waals surface area contributed by atoms with Crippen molar-refractivity contribution >= 4 is 17.6 Å². The molecule has 0 unspecified atom stereocenters. The van der Waals surface area contributed by atoms with E-state index in [1.165, 1.54) is 30.3 Å². The molecule has 8 nitrogen and oxygen atoms in total. The van der Waals surface area contributed by atoms with E-state index in [0.717, 1.165) is 13.2 Å². The summed E-state index contributed by atoms with van der Waals surface area (Å²) in [6.07, 6.45) is -14.0. The topological polar surface area (TPSA) is 95.7 Å². The standard InChI is InChI=1S/C21H14ClF6N3O5/c1-34-17-10(3-2-4-13(17)36-21(26,27)28)16-11-7-9(22)5-6-12(11)31-18(14(35-16)8-15(32)33)29-30-19(31)20(23,24)25/h2-7,14,16H,8H2,1H3,(H,32,33)/t14-,16-/m0/s1. The van der Waals surface area contributed by atoms with Gasteiger partial charge in [-0.15, -0.1) is 23.4 Å². The molecule has 2 heterocycles. The van der Waals surface area contributed by atoms with Crippen molar-refractivity contribution in [3.8, 4) is 17.2 Å². The summed E-state index contributed by atoms with van der Waals surface area (Å²) in [6.45, 7) is 0. The fraction of sp³-hybridized carbons (Fsp3) is 0.286. The van der Waals surface area contributed by atoms with Crippen LogP contribution >= 0.6 is 11.6 Å². The highest BCUT2D eigenvalue weighted by atomic mass is 35.5. The maximum absolute atomic E-state index is 13.8. The molecule has 192 valence electrons. The van der Waals surface area contributed by atoms with Crippen molar-refractivity contribution in [1.29, 1.82) is 0 Å². The number of halogens is 7. The molecule has 0 saturated heterocycles. The van der Waals surface area contributed by atoms with Gasteiger partial charge in [-0.2, -0.15) is 13.2 Å². The van der Waals surface area contributed by atoms with Crippen molar-refractivity contribution in [2.75, 3.05) is 7.11 Å². The molecule has 0 amide bonds. The molecule has 0 radical (unpaired) electrons. The normalized spacial score (nSPS) is 17.7. The second-order valence-corrected chi connectivity index (χ2v) is 7.88. The Hall–Kier alpha value is -3.52. The van der Waals surface area contributed by atoms with Gasteiger partial charge in [0.25, 0.3) is 0 Å². The highest BCUT2D eigenvalue weighted by molar-refractivity contribution is 6.30. The van der Waals surface area contributed by atoms with Crippen LogP contribution in [0.4, 0.5) is 26.3 Å². The van der Waals surface area contributed by atoms with Gasteiger partial charge in [-0.1, -0.05) is 23.7 Å². The minimum absolute atomic E-state index is 0.0376. The lowest BCUT2D eigenvalue weighted by molar-refractivity contribution is -0.275. The lowest BCUT2D eigenvalue weighted by Gasteiger charge is -2.25. The van der Waals surface area contributed by atoms with E-state index in [0.29, 0.717) is 4.57 Å². The Kier molecular flexibility index (Phi) is 6.51. The second kappa shape index (κ2) is 9.17. The van der Waals surface area contributed by atoms with E-state index < -0.39 is 60.3 Å². The van der Waals surface area contributed by atoms with Gasteiger partial charge in [0, 0.05) is 16.1 Å². The van der Waals surface area contributed by atoms with Crippen molar-refractivity contribution in [1.82, 2.24) is 14.8 Å². The number of methoxy groups -OCH3 is 1. The Morgan fingerprint density at radius 2 is 1.86 bits per heavy atom. The highest BCUT2D eigenvalue weighted by Gasteiger charge is 2.44. The van der Waals surface area contributed by atoms with Crippen molar-refractivity contribution in [3.05, 3.63) is 64.2 Å². The van der Waals surface area contributed by atoms with Gasteiger partial charge in [0.1, 0.15) is 12.2 Å². The number of carboxylic acids is 1. The third-order valence-corrected chi connectivity index (χ3v) is 5.36. The number of hydrogen-bond donors (Lipinski definition) is 1. The molecule has 0 saturated carbocycles. The number of alkyl halides is 6. The predicted molar refractivity (Wildman–Crippen MR) is 109 cm³/mol. The lowest BCUT2D eigenvalue weighted by Crippen LogP contribution is -2.19. The molecule has 1 aromatic heterocycles. The van der Waals surface area contributed by atoms with E-state index >= 15 is 0 Å². The minimum Gasteiger partial charge on any atom is -0.492 e. The van der Waals surface area contributed by atoms with E-state index in [1.807, 2.05) is 0 Å². The number of benzene rings is 2. The van der Waals surface area contributed by atoms with Crippen molar-refractivity contribution < 1.29 is 50.5 Å². The Morgan fingerprint density at radius 1 is 1.14 bits per heavy atom. The molecule has 0 spiro atoms. The second-order valence-electron chi connectivity index (χ2n) is 7.45. The summed E-state index contributed by atoms with van der Waals surface area (Å²) in [5.41, 5.74) is -0.302. The third kappa shape index (κ3) is 4.91. The van der Waals surface area contributed by atoms with Gasteiger partial charge < -0.3 is 19.3 Å². The average molecular weight is 538 g/mol. The zero-order chi connectivity index (χ0) is 26.4. The van der Waals surface area contributed by atoms with Crippen LogP contribution in [-0.4, -0.2) is 39.3 Å². The summed E-state index contributed by atoms with van der Waals surface area (Å²) in [7, 11) is 1.06. The van der Waals surface area contributed by atoms with Crippen LogP contribution in [0.1, 0.15) is 41.4 Å². The summed E-state index contributed by atoms with van der Waals surface area (Å²) in [5, 5.41) is 16.2. The van der Waals surface area contributed by atoms with Crippen LogP contribution in [0, 0.1) is 0 Å². The Balaban J connectivity index is 2.00. The molecular weight excluding hydrogens is 524 g/mol. The number of hydrogen-bond acceptors (Lipinski definition) is 6. The number of carboxylic acid groups (broad SMARTS) is 1. The molecule has 36 heavy (non-hydrogen) atoms. The van der Waals surface area contributed by atoms with Crippen LogP contribution in [-0.2, 0) is 15.7 Å². The summed E-state index contributed by atoms with van der Waals surface area (Å²) >= 11 is 6.11. The maximum Gasteiger partial charge on any atom is 0.573 e. The Morgan fingerprint density at radius 3 is 2.47 bits per heavy atom. The monoisotopic (exact) mass is 537 g/mol. The number of fused-ring (bicyclic) bond motifs is 3. The molecule has 15 heteroatoms. The molecule has 0 fully saturated rings. The quantitative estimate of drug-likeness (QED) is 0.430. The largest absolute Gasteiger partial charge is 0.573 e. The maximum atomic E-state index is 13.8. The molecule has 1 aliphatic rings. The summed E-state index contributed by atoms with van der Waals surface area (Å²) < 4.78 is 96.0. The fourth-order valence-corrected chi connectivity index (χ4v) is 4.05. The van der Waals surface area contributed by atoms with Gasteiger partial charge in [0.15, 0.2) is 17.3 Å². The summed E-state index contributed by atoms with van der Waals surface area (Å²) in [5.74, 6) is -4.55. The van der Waals surface area contributed by atoms with Crippen molar-refractivity contribution in [2.24, 2.45) is 0 Å². The van der Waals surface area contributed by atoms with Crippen LogP contribution in [0.25, 0.3) is 5.69 Å². The molecule has 4 rings (SSSR count). The Labute approximate surface area is 203 Å². The van der Waals surface area contributed by atoms with E-state index in [4.69, 9.17) is 21.1 Å². The Bertz CT molecular complexity index is 1310. The van der Waals surface area contributed by atoms with Gasteiger partial charge in [-0.25, -0.2) is 0 Å². The number of ether oxygens (including phenoxy) is 3. The first-order valence-corrected chi connectivity index (χ1v) is 10.3. The first kappa shape index (κ1) is 25.6. The van der Waals surface area contributed by atoms with Gasteiger partial charge in [-0.3, -0.25) is 9.36 Å². The molecule has 0 bridgehead atoms. The predicted octanol–water partition coefficient (Wildman–Crippen LogP) is 5.48. The summed E-state index contributed by atoms with van der Waals surface area (Å²) in [6, 6.07) is 7.18. The molecule has 3 aromatic rings. The molecule has 1 N–H and O–H groups in total. The van der Waals surface area contributed by atoms with Crippen LogP contribution in [0.5, 0.6) is 11.5 Å². The highest BCUT2D eigenvalue weighted by Crippen LogP contribution is 2.48. The molecule has 0 aliphatic carbocycles. The number of aromatic nitrogens is 3.